The maximum atomic E-state index is 6.84. The van der Waals surface area contributed by atoms with Crippen LogP contribution in [0.1, 0.15) is 16.7 Å². The number of nitrogens with two attached hydrogens (primary N) is 2. The standard InChI is InChI=1S/C22H24ClN3/c23-21(14-19-12-7-13-20(24)22(19)25)26(15-17-8-3-1-4-9-17)16-18-10-5-2-6-11-18/h1-13,21H,14-16,24-25H2. The Morgan fingerprint density at radius 2 is 1.27 bits per heavy atom. The first kappa shape index (κ1) is 18.3. The minimum atomic E-state index is -0.195. The molecule has 0 saturated heterocycles. The van der Waals surface area contributed by atoms with Crippen molar-refractivity contribution in [3.8, 4) is 0 Å². The van der Waals surface area contributed by atoms with Crippen molar-refractivity contribution >= 4 is 23.0 Å². The molecule has 1 atom stereocenters. The lowest BCUT2D eigenvalue weighted by Gasteiger charge is -2.28. The van der Waals surface area contributed by atoms with Crippen LogP contribution in [0.5, 0.6) is 0 Å². The second-order valence-corrected chi connectivity index (χ2v) is 6.94. The number of nitrogen functional groups attached to an aromatic ring is 2. The highest BCUT2D eigenvalue weighted by atomic mass is 35.5. The first-order valence-corrected chi connectivity index (χ1v) is 9.16. The van der Waals surface area contributed by atoms with Crippen LogP contribution in [-0.2, 0) is 19.5 Å². The smallest absolute Gasteiger partial charge is 0.0897 e. The molecular formula is C22H24ClN3. The van der Waals surface area contributed by atoms with Crippen molar-refractivity contribution in [2.75, 3.05) is 11.5 Å². The van der Waals surface area contributed by atoms with Gasteiger partial charge in [-0.3, -0.25) is 4.90 Å². The number of nitrogens with zero attached hydrogens (tertiary/aromatic N) is 1. The minimum absolute atomic E-state index is 0.195. The van der Waals surface area contributed by atoms with E-state index in [0.29, 0.717) is 17.8 Å². The summed E-state index contributed by atoms with van der Waals surface area (Å²) in [5.41, 5.74) is 16.5. The number of benzene rings is 3. The molecule has 0 heterocycles. The van der Waals surface area contributed by atoms with E-state index in [4.69, 9.17) is 23.1 Å². The molecule has 3 aromatic carbocycles. The Morgan fingerprint density at radius 3 is 1.81 bits per heavy atom. The molecule has 4 N–H and O–H groups in total. The van der Waals surface area contributed by atoms with Crippen LogP contribution in [0.2, 0.25) is 0 Å². The van der Waals surface area contributed by atoms with Gasteiger partial charge in [-0.2, -0.15) is 0 Å². The van der Waals surface area contributed by atoms with E-state index < -0.39 is 0 Å². The number of halogens is 1. The van der Waals surface area contributed by atoms with Gasteiger partial charge in [0.05, 0.1) is 16.9 Å². The molecule has 3 rings (SSSR count). The molecule has 0 aliphatic carbocycles. The Balaban J connectivity index is 1.80. The molecule has 0 aromatic heterocycles. The quantitative estimate of drug-likeness (QED) is 0.363. The van der Waals surface area contributed by atoms with Crippen molar-refractivity contribution in [1.82, 2.24) is 4.90 Å². The topological polar surface area (TPSA) is 55.3 Å². The van der Waals surface area contributed by atoms with Crippen LogP contribution < -0.4 is 11.5 Å². The lowest BCUT2D eigenvalue weighted by atomic mass is 10.1. The van der Waals surface area contributed by atoms with E-state index in [-0.39, 0.29) is 5.50 Å². The monoisotopic (exact) mass is 365 g/mol. The zero-order valence-electron chi connectivity index (χ0n) is 14.7. The van der Waals surface area contributed by atoms with Crippen LogP contribution in [0.4, 0.5) is 11.4 Å². The van der Waals surface area contributed by atoms with Crippen molar-refractivity contribution in [3.63, 3.8) is 0 Å². The zero-order chi connectivity index (χ0) is 18.4. The van der Waals surface area contributed by atoms with Gasteiger partial charge in [-0.1, -0.05) is 72.8 Å². The third-order valence-electron chi connectivity index (χ3n) is 4.47. The highest BCUT2D eigenvalue weighted by Crippen LogP contribution is 2.25. The largest absolute Gasteiger partial charge is 0.397 e. The Kier molecular flexibility index (Phi) is 6.16. The number of anilines is 2. The van der Waals surface area contributed by atoms with E-state index in [1.54, 1.807) is 0 Å². The van der Waals surface area contributed by atoms with E-state index >= 15 is 0 Å². The van der Waals surface area contributed by atoms with Gasteiger partial charge >= 0.3 is 0 Å². The lowest BCUT2D eigenvalue weighted by molar-refractivity contribution is 0.232. The van der Waals surface area contributed by atoms with E-state index in [1.807, 2.05) is 30.3 Å². The molecule has 3 aromatic rings. The van der Waals surface area contributed by atoms with Gasteiger partial charge in [0.15, 0.2) is 0 Å². The summed E-state index contributed by atoms with van der Waals surface area (Å²) in [4.78, 5) is 2.26. The maximum Gasteiger partial charge on any atom is 0.0897 e. The van der Waals surface area contributed by atoms with Crippen molar-refractivity contribution < 1.29 is 0 Å². The fourth-order valence-corrected chi connectivity index (χ4v) is 3.32. The van der Waals surface area contributed by atoms with Crippen LogP contribution in [0.3, 0.4) is 0 Å². The highest BCUT2D eigenvalue weighted by molar-refractivity contribution is 6.20. The Bertz CT molecular complexity index is 780. The highest BCUT2D eigenvalue weighted by Gasteiger charge is 2.19. The van der Waals surface area contributed by atoms with Crippen molar-refractivity contribution in [2.24, 2.45) is 0 Å². The fraction of sp³-hybridized carbons (Fsp3) is 0.182. The summed E-state index contributed by atoms with van der Waals surface area (Å²) >= 11 is 6.84. The Hall–Kier alpha value is -2.49. The van der Waals surface area contributed by atoms with Gasteiger partial charge in [0.1, 0.15) is 0 Å². The van der Waals surface area contributed by atoms with Gasteiger partial charge in [-0.05, 0) is 22.8 Å². The number of para-hydroxylation sites is 1. The van der Waals surface area contributed by atoms with Gasteiger partial charge in [-0.15, -0.1) is 11.6 Å². The normalized spacial score (nSPS) is 12.2. The van der Waals surface area contributed by atoms with Gasteiger partial charge in [0.2, 0.25) is 0 Å². The Morgan fingerprint density at radius 1 is 0.731 bits per heavy atom. The molecule has 0 saturated carbocycles. The fourth-order valence-electron chi connectivity index (χ4n) is 3.01. The van der Waals surface area contributed by atoms with E-state index in [2.05, 4.69) is 53.4 Å². The van der Waals surface area contributed by atoms with Gasteiger partial charge in [0.25, 0.3) is 0 Å². The summed E-state index contributed by atoms with van der Waals surface area (Å²) < 4.78 is 0. The van der Waals surface area contributed by atoms with Crippen LogP contribution in [-0.4, -0.2) is 10.4 Å². The summed E-state index contributed by atoms with van der Waals surface area (Å²) in [6, 6.07) is 26.5. The van der Waals surface area contributed by atoms with Crippen LogP contribution in [0.25, 0.3) is 0 Å². The van der Waals surface area contributed by atoms with Gasteiger partial charge in [0, 0.05) is 19.5 Å². The second kappa shape index (κ2) is 8.75. The first-order valence-electron chi connectivity index (χ1n) is 8.72. The molecule has 1 unspecified atom stereocenters. The van der Waals surface area contributed by atoms with Gasteiger partial charge < -0.3 is 11.5 Å². The van der Waals surface area contributed by atoms with Gasteiger partial charge in [-0.25, -0.2) is 0 Å². The zero-order valence-corrected chi connectivity index (χ0v) is 15.4. The summed E-state index contributed by atoms with van der Waals surface area (Å²) in [5.74, 6) is 0. The minimum Gasteiger partial charge on any atom is -0.397 e. The molecule has 0 bridgehead atoms. The van der Waals surface area contributed by atoms with Crippen molar-refractivity contribution in [3.05, 3.63) is 95.6 Å². The van der Waals surface area contributed by atoms with Crippen LogP contribution >= 0.6 is 11.6 Å². The van der Waals surface area contributed by atoms with Crippen LogP contribution in [0, 0.1) is 0 Å². The second-order valence-electron chi connectivity index (χ2n) is 6.43. The van der Waals surface area contributed by atoms with E-state index in [9.17, 15) is 0 Å². The predicted octanol–water partition coefficient (Wildman–Crippen LogP) is 4.66. The molecule has 0 aliphatic heterocycles. The molecular weight excluding hydrogens is 342 g/mol. The first-order chi connectivity index (χ1) is 12.6. The molecule has 0 amide bonds. The third-order valence-corrected chi connectivity index (χ3v) is 4.90. The number of alkyl halides is 1. The molecule has 0 aliphatic rings. The summed E-state index contributed by atoms with van der Waals surface area (Å²) in [5, 5.41) is 0. The number of hydrogen-bond donors (Lipinski definition) is 2. The molecule has 0 fully saturated rings. The summed E-state index contributed by atoms with van der Waals surface area (Å²) in [6.45, 7) is 1.54. The SMILES string of the molecule is Nc1cccc(CC(Cl)N(Cc2ccccc2)Cc2ccccc2)c1N. The number of hydrogen-bond acceptors (Lipinski definition) is 3. The molecule has 26 heavy (non-hydrogen) atoms. The molecule has 0 spiro atoms. The molecule has 134 valence electrons. The van der Waals surface area contributed by atoms with Crippen LogP contribution in [0.15, 0.2) is 78.9 Å². The van der Waals surface area contributed by atoms with E-state index in [1.165, 1.54) is 11.1 Å². The van der Waals surface area contributed by atoms with E-state index in [0.717, 1.165) is 18.7 Å². The average Bonchev–Trinajstić information content (AvgIpc) is 2.66. The summed E-state index contributed by atoms with van der Waals surface area (Å²) in [7, 11) is 0. The predicted molar refractivity (Wildman–Crippen MR) is 111 cm³/mol. The average molecular weight is 366 g/mol. The summed E-state index contributed by atoms with van der Waals surface area (Å²) in [6.07, 6.45) is 0.637. The molecule has 0 radical (unpaired) electrons. The number of rotatable bonds is 7. The lowest BCUT2D eigenvalue weighted by Crippen LogP contribution is -2.32. The molecule has 4 heteroatoms. The Labute approximate surface area is 160 Å². The van der Waals surface area contributed by atoms with Crippen molar-refractivity contribution in [1.29, 1.82) is 0 Å². The third kappa shape index (κ3) is 4.78. The van der Waals surface area contributed by atoms with Crippen molar-refractivity contribution in [2.45, 2.75) is 25.0 Å². The maximum absolute atomic E-state index is 6.84. The molecule has 3 nitrogen and oxygen atoms in total.